The molecule has 0 amide bonds. The molecule has 2 rings (SSSR count). The highest BCUT2D eigenvalue weighted by atomic mass is 19.1. The van der Waals surface area contributed by atoms with Gasteiger partial charge in [0.2, 0.25) is 0 Å². The smallest absolute Gasteiger partial charge is 0.309 e. The van der Waals surface area contributed by atoms with E-state index in [1.807, 2.05) is 6.92 Å². The Morgan fingerprint density at radius 1 is 1.39 bits per heavy atom. The number of aliphatic hydroxyl groups is 1. The van der Waals surface area contributed by atoms with Crippen LogP contribution in [-0.4, -0.2) is 50.0 Å². The maximum absolute atomic E-state index is 13.4. The summed E-state index contributed by atoms with van der Waals surface area (Å²) < 4.78 is 23.8. The minimum Gasteiger partial charge on any atom is -0.488 e. The zero-order valence-electron chi connectivity index (χ0n) is 13.5. The maximum Gasteiger partial charge on any atom is 0.309 e. The first-order valence-electron chi connectivity index (χ1n) is 8.15. The summed E-state index contributed by atoms with van der Waals surface area (Å²) in [6.07, 6.45) is 0.883. The lowest BCUT2D eigenvalue weighted by atomic mass is 9.97. The number of rotatable bonds is 7. The summed E-state index contributed by atoms with van der Waals surface area (Å²) >= 11 is 0. The number of piperidine rings is 1. The highest BCUT2D eigenvalue weighted by Crippen LogP contribution is 2.15. The van der Waals surface area contributed by atoms with Crippen LogP contribution in [0.15, 0.2) is 24.3 Å². The number of hydrogen-bond donors (Lipinski definition) is 2. The second-order valence-corrected chi connectivity index (χ2v) is 5.88. The standard InChI is InChI=1S/C17H24FNO4/c1-2-22-17(21)13-7-9-19(10-8-13)11-14(20)12-23-16-6-4-3-5-15(16)18/h3-6,13-14,20H,2,7-12H2,1H3/p+1/t14-/m0/s1. The molecule has 0 spiro atoms. The molecule has 0 aromatic heterocycles. The van der Waals surface area contributed by atoms with Gasteiger partial charge in [-0.25, -0.2) is 4.39 Å². The van der Waals surface area contributed by atoms with Crippen molar-refractivity contribution in [3.63, 3.8) is 0 Å². The van der Waals surface area contributed by atoms with Crippen molar-refractivity contribution in [2.45, 2.75) is 25.9 Å². The summed E-state index contributed by atoms with van der Waals surface area (Å²) in [4.78, 5) is 12.9. The van der Waals surface area contributed by atoms with Crippen molar-refractivity contribution in [3.05, 3.63) is 30.1 Å². The van der Waals surface area contributed by atoms with E-state index in [-0.39, 0.29) is 24.2 Å². The molecule has 0 saturated carbocycles. The van der Waals surface area contributed by atoms with Crippen LogP contribution in [0.3, 0.4) is 0 Å². The van der Waals surface area contributed by atoms with Crippen LogP contribution >= 0.6 is 0 Å². The molecule has 0 radical (unpaired) electrons. The van der Waals surface area contributed by atoms with Crippen LogP contribution in [-0.2, 0) is 9.53 Å². The van der Waals surface area contributed by atoms with Crippen molar-refractivity contribution in [2.75, 3.05) is 32.8 Å². The third-order valence-electron chi connectivity index (χ3n) is 4.10. The first kappa shape index (κ1) is 17.7. The third-order valence-corrected chi connectivity index (χ3v) is 4.10. The quantitative estimate of drug-likeness (QED) is 0.713. The molecule has 1 saturated heterocycles. The first-order valence-corrected chi connectivity index (χ1v) is 8.15. The Labute approximate surface area is 136 Å². The molecule has 0 aliphatic carbocycles. The summed E-state index contributed by atoms with van der Waals surface area (Å²) in [5, 5.41) is 10.1. The number of likely N-dealkylation sites (tertiary alicyclic amines) is 1. The molecule has 1 aromatic carbocycles. The number of aliphatic hydroxyl groups excluding tert-OH is 1. The fourth-order valence-corrected chi connectivity index (χ4v) is 2.87. The lowest BCUT2D eigenvalue weighted by Gasteiger charge is -2.29. The predicted molar refractivity (Wildman–Crippen MR) is 82.8 cm³/mol. The van der Waals surface area contributed by atoms with E-state index in [9.17, 15) is 14.3 Å². The first-order chi connectivity index (χ1) is 11.1. The van der Waals surface area contributed by atoms with Crippen molar-refractivity contribution in [1.29, 1.82) is 0 Å². The number of para-hydroxylation sites is 1. The number of ether oxygens (including phenoxy) is 2. The van der Waals surface area contributed by atoms with Gasteiger partial charge in [0.1, 0.15) is 19.3 Å². The molecule has 1 atom stereocenters. The number of halogens is 1. The van der Waals surface area contributed by atoms with Gasteiger partial charge in [-0.15, -0.1) is 0 Å². The van der Waals surface area contributed by atoms with E-state index in [0.717, 1.165) is 25.9 Å². The monoisotopic (exact) mass is 326 g/mol. The average molecular weight is 326 g/mol. The zero-order valence-corrected chi connectivity index (χ0v) is 13.5. The van der Waals surface area contributed by atoms with E-state index in [1.165, 1.54) is 11.0 Å². The largest absolute Gasteiger partial charge is 0.488 e. The SMILES string of the molecule is CCOC(=O)C1CC[NH+](C[C@H](O)COc2ccccc2F)CC1. The average Bonchev–Trinajstić information content (AvgIpc) is 2.55. The van der Waals surface area contributed by atoms with Crippen LogP contribution in [0.4, 0.5) is 4.39 Å². The molecule has 2 N–H and O–H groups in total. The molecule has 1 aliphatic rings. The summed E-state index contributed by atoms with van der Waals surface area (Å²) in [7, 11) is 0. The second-order valence-electron chi connectivity index (χ2n) is 5.88. The van der Waals surface area contributed by atoms with Crippen molar-refractivity contribution in [2.24, 2.45) is 5.92 Å². The van der Waals surface area contributed by atoms with Crippen LogP contribution in [0.1, 0.15) is 19.8 Å². The Morgan fingerprint density at radius 3 is 2.74 bits per heavy atom. The van der Waals surface area contributed by atoms with E-state index in [1.54, 1.807) is 18.2 Å². The van der Waals surface area contributed by atoms with Crippen LogP contribution < -0.4 is 9.64 Å². The topological polar surface area (TPSA) is 60.2 Å². The van der Waals surface area contributed by atoms with Crippen molar-refractivity contribution in [3.8, 4) is 5.75 Å². The predicted octanol–water partition coefficient (Wildman–Crippen LogP) is 0.423. The van der Waals surface area contributed by atoms with E-state index in [2.05, 4.69) is 0 Å². The number of hydrogen-bond acceptors (Lipinski definition) is 4. The highest BCUT2D eigenvalue weighted by molar-refractivity contribution is 5.72. The number of nitrogens with one attached hydrogen (secondary N) is 1. The third kappa shape index (κ3) is 5.48. The van der Waals surface area contributed by atoms with Gasteiger partial charge in [-0.3, -0.25) is 4.79 Å². The molecule has 0 bridgehead atoms. The molecule has 6 heteroatoms. The Bertz CT molecular complexity index is 503. The van der Waals surface area contributed by atoms with E-state index >= 15 is 0 Å². The molecular weight excluding hydrogens is 301 g/mol. The van der Waals surface area contributed by atoms with Gasteiger partial charge in [0.15, 0.2) is 11.6 Å². The highest BCUT2D eigenvalue weighted by Gasteiger charge is 2.29. The molecule has 1 fully saturated rings. The van der Waals surface area contributed by atoms with Gasteiger partial charge in [0.25, 0.3) is 0 Å². The summed E-state index contributed by atoms with van der Waals surface area (Å²) in [5.41, 5.74) is 0. The zero-order chi connectivity index (χ0) is 16.7. The van der Waals surface area contributed by atoms with Crippen molar-refractivity contribution >= 4 is 5.97 Å². The number of carbonyl (C=O) groups is 1. The fraction of sp³-hybridized carbons (Fsp3) is 0.588. The molecule has 5 nitrogen and oxygen atoms in total. The number of carbonyl (C=O) groups excluding carboxylic acids is 1. The van der Waals surface area contributed by atoms with Gasteiger partial charge in [-0.2, -0.15) is 0 Å². The van der Waals surface area contributed by atoms with Gasteiger partial charge in [0, 0.05) is 12.8 Å². The van der Waals surface area contributed by atoms with Crippen molar-refractivity contribution < 1.29 is 28.7 Å². The number of quaternary nitrogens is 1. The van der Waals surface area contributed by atoms with Gasteiger partial charge in [-0.05, 0) is 19.1 Å². The Balaban J connectivity index is 1.69. The second kappa shape index (κ2) is 8.84. The lowest BCUT2D eigenvalue weighted by molar-refractivity contribution is -0.908. The Morgan fingerprint density at radius 2 is 2.09 bits per heavy atom. The van der Waals surface area contributed by atoms with E-state index < -0.39 is 11.9 Å². The van der Waals surface area contributed by atoms with E-state index in [4.69, 9.17) is 9.47 Å². The minimum absolute atomic E-state index is 0.0227. The van der Waals surface area contributed by atoms with Gasteiger partial charge < -0.3 is 19.5 Å². The van der Waals surface area contributed by atoms with Crippen LogP contribution in [0.2, 0.25) is 0 Å². The van der Waals surface area contributed by atoms with Gasteiger partial charge in [-0.1, -0.05) is 12.1 Å². The molecule has 128 valence electrons. The van der Waals surface area contributed by atoms with Gasteiger partial charge in [0.05, 0.1) is 25.6 Å². The van der Waals surface area contributed by atoms with Crippen LogP contribution in [0.25, 0.3) is 0 Å². The number of benzene rings is 1. The number of esters is 1. The summed E-state index contributed by atoms with van der Waals surface area (Å²) in [5.74, 6) is -0.412. The normalized spacial score (nSPS) is 22.4. The van der Waals surface area contributed by atoms with Crippen LogP contribution in [0, 0.1) is 11.7 Å². The van der Waals surface area contributed by atoms with Crippen molar-refractivity contribution in [1.82, 2.24) is 0 Å². The van der Waals surface area contributed by atoms with Gasteiger partial charge >= 0.3 is 5.97 Å². The Hall–Kier alpha value is -1.66. The minimum atomic E-state index is -0.663. The Kier molecular flexibility index (Phi) is 6.80. The lowest BCUT2D eigenvalue weighted by Crippen LogP contribution is -3.14. The molecule has 23 heavy (non-hydrogen) atoms. The summed E-state index contributed by atoms with van der Waals surface area (Å²) in [6.45, 7) is 4.46. The maximum atomic E-state index is 13.4. The molecule has 1 heterocycles. The molecule has 1 aliphatic heterocycles. The molecule has 1 aromatic rings. The van der Waals surface area contributed by atoms with E-state index in [0.29, 0.717) is 13.2 Å². The molecular formula is C17H25FNO4+. The summed E-state index contributed by atoms with van der Waals surface area (Å²) in [6, 6.07) is 6.15. The fourth-order valence-electron chi connectivity index (χ4n) is 2.87. The molecule has 0 unspecified atom stereocenters. The van der Waals surface area contributed by atoms with Crippen LogP contribution in [0.5, 0.6) is 5.75 Å².